The molecule has 1 aromatic rings. The van der Waals surface area contributed by atoms with Crippen molar-refractivity contribution < 1.29 is 4.79 Å². The highest BCUT2D eigenvalue weighted by molar-refractivity contribution is 6.33. The van der Waals surface area contributed by atoms with E-state index in [0.29, 0.717) is 16.4 Å². The fourth-order valence-corrected chi connectivity index (χ4v) is 2.95. The van der Waals surface area contributed by atoms with E-state index in [0.717, 1.165) is 19.3 Å². The molecule has 1 aliphatic carbocycles. The Balaban J connectivity index is 2.09. The molecular formula is C15H21ClN2O. The summed E-state index contributed by atoms with van der Waals surface area (Å²) in [5, 5.41) is 3.47. The van der Waals surface area contributed by atoms with Gasteiger partial charge in [0.1, 0.15) is 0 Å². The van der Waals surface area contributed by atoms with Gasteiger partial charge in [0.25, 0.3) is 0 Å². The Morgan fingerprint density at radius 2 is 2.16 bits per heavy atom. The molecule has 1 amide bonds. The molecule has 1 atom stereocenters. The molecule has 3 nitrogen and oxygen atoms in total. The van der Waals surface area contributed by atoms with Crippen LogP contribution in [-0.2, 0) is 4.79 Å². The van der Waals surface area contributed by atoms with Crippen LogP contribution in [0.1, 0.15) is 39.5 Å². The van der Waals surface area contributed by atoms with Crippen molar-refractivity contribution in [2.45, 2.75) is 39.5 Å². The summed E-state index contributed by atoms with van der Waals surface area (Å²) in [6, 6.07) is 5.20. The third kappa shape index (κ3) is 3.21. The number of hydrogen-bond donors (Lipinski definition) is 2. The van der Waals surface area contributed by atoms with Gasteiger partial charge in [-0.15, -0.1) is 0 Å². The zero-order valence-corrected chi connectivity index (χ0v) is 12.3. The third-order valence-electron chi connectivity index (χ3n) is 4.09. The predicted molar refractivity (Wildman–Crippen MR) is 80.2 cm³/mol. The fraction of sp³-hybridized carbons (Fsp3) is 0.533. The number of carbonyl (C=O) groups is 1. The van der Waals surface area contributed by atoms with Crippen molar-refractivity contribution in [3.8, 4) is 0 Å². The number of rotatable bonds is 2. The first-order valence-corrected chi connectivity index (χ1v) is 7.14. The van der Waals surface area contributed by atoms with Gasteiger partial charge in [-0.25, -0.2) is 0 Å². The van der Waals surface area contributed by atoms with Crippen LogP contribution in [-0.4, -0.2) is 5.91 Å². The van der Waals surface area contributed by atoms with Crippen LogP contribution >= 0.6 is 11.6 Å². The molecule has 0 heterocycles. The van der Waals surface area contributed by atoms with Crippen LogP contribution < -0.4 is 11.1 Å². The highest BCUT2D eigenvalue weighted by Crippen LogP contribution is 2.41. The van der Waals surface area contributed by atoms with Crippen LogP contribution in [0.4, 0.5) is 11.4 Å². The minimum atomic E-state index is 0.0677. The van der Waals surface area contributed by atoms with Crippen molar-refractivity contribution in [3.05, 3.63) is 23.2 Å². The number of halogens is 1. The SMILES string of the molecule is CC1(C)CCCCC1C(=O)Nc1ccc(Cl)c(N)c1. The summed E-state index contributed by atoms with van der Waals surface area (Å²) in [6.07, 6.45) is 4.41. The molecule has 2 rings (SSSR count). The van der Waals surface area contributed by atoms with Crippen molar-refractivity contribution in [1.29, 1.82) is 0 Å². The first-order chi connectivity index (χ1) is 8.90. The van der Waals surface area contributed by atoms with Gasteiger partial charge in [0.05, 0.1) is 10.7 Å². The molecule has 0 aliphatic heterocycles. The van der Waals surface area contributed by atoms with E-state index in [2.05, 4.69) is 19.2 Å². The van der Waals surface area contributed by atoms with Gasteiger partial charge in [0.2, 0.25) is 5.91 Å². The Morgan fingerprint density at radius 3 is 2.79 bits per heavy atom. The normalized spacial score (nSPS) is 21.9. The van der Waals surface area contributed by atoms with Crippen LogP contribution in [0.2, 0.25) is 5.02 Å². The van der Waals surface area contributed by atoms with Gasteiger partial charge < -0.3 is 11.1 Å². The molecule has 1 saturated carbocycles. The number of nitrogens with one attached hydrogen (secondary N) is 1. The Morgan fingerprint density at radius 1 is 1.42 bits per heavy atom. The Hall–Kier alpha value is -1.22. The number of nitrogen functional groups attached to an aromatic ring is 1. The topological polar surface area (TPSA) is 55.1 Å². The van der Waals surface area contributed by atoms with Crippen LogP contribution in [0.25, 0.3) is 0 Å². The standard InChI is InChI=1S/C15H21ClN2O/c1-15(2)8-4-3-5-11(15)14(19)18-10-6-7-12(16)13(17)9-10/h6-7,9,11H,3-5,8,17H2,1-2H3,(H,18,19). The summed E-state index contributed by atoms with van der Waals surface area (Å²) in [5.74, 6) is 0.157. The predicted octanol–water partition coefficient (Wildman–Crippen LogP) is 4.08. The molecule has 0 bridgehead atoms. The first kappa shape index (κ1) is 14.2. The second-order valence-electron chi connectivity index (χ2n) is 6.01. The smallest absolute Gasteiger partial charge is 0.228 e. The zero-order chi connectivity index (χ0) is 14.0. The van der Waals surface area contributed by atoms with E-state index in [9.17, 15) is 4.79 Å². The van der Waals surface area contributed by atoms with E-state index in [1.807, 2.05) is 0 Å². The summed E-state index contributed by atoms with van der Waals surface area (Å²) in [4.78, 5) is 12.4. The molecule has 1 aliphatic rings. The van der Waals surface area contributed by atoms with Gasteiger partial charge in [0.15, 0.2) is 0 Å². The molecule has 3 N–H and O–H groups in total. The van der Waals surface area contributed by atoms with E-state index in [4.69, 9.17) is 17.3 Å². The molecule has 104 valence electrons. The molecule has 19 heavy (non-hydrogen) atoms. The van der Waals surface area contributed by atoms with Crippen LogP contribution in [0.15, 0.2) is 18.2 Å². The lowest BCUT2D eigenvalue weighted by Gasteiger charge is -2.37. The van der Waals surface area contributed by atoms with Crippen LogP contribution in [0.3, 0.4) is 0 Å². The Bertz CT molecular complexity index is 485. The van der Waals surface area contributed by atoms with Gasteiger partial charge in [-0.2, -0.15) is 0 Å². The highest BCUT2D eigenvalue weighted by Gasteiger charge is 2.37. The highest BCUT2D eigenvalue weighted by atomic mass is 35.5. The average Bonchev–Trinajstić information content (AvgIpc) is 2.33. The van der Waals surface area contributed by atoms with E-state index in [1.54, 1.807) is 18.2 Å². The lowest BCUT2D eigenvalue weighted by Crippen LogP contribution is -2.37. The first-order valence-electron chi connectivity index (χ1n) is 6.76. The minimum absolute atomic E-state index is 0.0677. The molecule has 0 spiro atoms. The van der Waals surface area contributed by atoms with Crippen molar-refractivity contribution in [2.24, 2.45) is 11.3 Å². The van der Waals surface area contributed by atoms with Crippen molar-refractivity contribution in [3.63, 3.8) is 0 Å². The summed E-state index contributed by atoms with van der Waals surface area (Å²) < 4.78 is 0. The van der Waals surface area contributed by atoms with Crippen molar-refractivity contribution in [2.75, 3.05) is 11.1 Å². The molecular weight excluding hydrogens is 260 g/mol. The monoisotopic (exact) mass is 280 g/mol. The molecule has 1 fully saturated rings. The maximum Gasteiger partial charge on any atom is 0.228 e. The van der Waals surface area contributed by atoms with E-state index < -0.39 is 0 Å². The summed E-state index contributed by atoms with van der Waals surface area (Å²) >= 11 is 5.87. The molecule has 1 unspecified atom stereocenters. The number of anilines is 2. The maximum atomic E-state index is 12.4. The number of nitrogens with two attached hydrogens (primary N) is 1. The van der Waals surface area contributed by atoms with E-state index in [1.165, 1.54) is 6.42 Å². The van der Waals surface area contributed by atoms with Crippen molar-refractivity contribution in [1.82, 2.24) is 0 Å². The van der Waals surface area contributed by atoms with Gasteiger partial charge >= 0.3 is 0 Å². The summed E-state index contributed by atoms with van der Waals surface area (Å²) in [7, 11) is 0. The maximum absolute atomic E-state index is 12.4. The Labute approximate surface area is 119 Å². The molecule has 4 heteroatoms. The second-order valence-corrected chi connectivity index (χ2v) is 6.42. The molecule has 0 saturated heterocycles. The average molecular weight is 281 g/mol. The van der Waals surface area contributed by atoms with Gasteiger partial charge in [0, 0.05) is 11.6 Å². The van der Waals surface area contributed by atoms with Crippen LogP contribution in [0, 0.1) is 11.3 Å². The quantitative estimate of drug-likeness (QED) is 0.802. The Kier molecular flexibility index (Phi) is 4.04. The van der Waals surface area contributed by atoms with Gasteiger partial charge in [-0.3, -0.25) is 4.79 Å². The zero-order valence-electron chi connectivity index (χ0n) is 11.5. The third-order valence-corrected chi connectivity index (χ3v) is 4.43. The number of hydrogen-bond acceptors (Lipinski definition) is 2. The molecule has 0 radical (unpaired) electrons. The minimum Gasteiger partial charge on any atom is -0.397 e. The fourth-order valence-electron chi connectivity index (χ4n) is 2.83. The van der Waals surface area contributed by atoms with E-state index in [-0.39, 0.29) is 17.2 Å². The summed E-state index contributed by atoms with van der Waals surface area (Å²) in [5.41, 5.74) is 7.02. The van der Waals surface area contributed by atoms with Crippen LogP contribution in [0.5, 0.6) is 0 Å². The molecule has 1 aromatic carbocycles. The largest absolute Gasteiger partial charge is 0.397 e. The lowest BCUT2D eigenvalue weighted by atomic mass is 9.68. The van der Waals surface area contributed by atoms with Gasteiger partial charge in [-0.05, 0) is 36.5 Å². The number of carbonyl (C=O) groups excluding carboxylic acids is 1. The van der Waals surface area contributed by atoms with Crippen molar-refractivity contribution >= 4 is 28.9 Å². The van der Waals surface area contributed by atoms with Gasteiger partial charge in [-0.1, -0.05) is 38.3 Å². The van der Waals surface area contributed by atoms with E-state index >= 15 is 0 Å². The summed E-state index contributed by atoms with van der Waals surface area (Å²) in [6.45, 7) is 4.35. The molecule has 0 aromatic heterocycles. The lowest BCUT2D eigenvalue weighted by molar-refractivity contribution is -0.124. The number of benzene rings is 1. The second kappa shape index (κ2) is 5.41. The number of amides is 1.